The van der Waals surface area contributed by atoms with E-state index in [9.17, 15) is 9.18 Å². The summed E-state index contributed by atoms with van der Waals surface area (Å²) in [6.45, 7) is 4.97. The van der Waals surface area contributed by atoms with Crippen LogP contribution in [-0.2, 0) is 11.3 Å². The van der Waals surface area contributed by atoms with Crippen molar-refractivity contribution in [1.29, 1.82) is 0 Å². The zero-order chi connectivity index (χ0) is 13.1. The van der Waals surface area contributed by atoms with E-state index in [4.69, 9.17) is 11.6 Å². The van der Waals surface area contributed by atoms with Gasteiger partial charge in [-0.3, -0.25) is 9.69 Å². The molecule has 1 amide bonds. The Labute approximate surface area is 111 Å². The Bertz CT molecular complexity index is 424. The summed E-state index contributed by atoms with van der Waals surface area (Å²) in [6.07, 6.45) is 0. The molecule has 0 saturated carbocycles. The standard InChI is InChI=1S/C13H16ClFN2O/c1-10(18)17-7-5-16(6-8-17)9-11-12(14)3-2-4-13(11)15/h2-4H,5-9H2,1H3. The van der Waals surface area contributed by atoms with Crippen LogP contribution in [0.1, 0.15) is 12.5 Å². The smallest absolute Gasteiger partial charge is 0.219 e. The van der Waals surface area contributed by atoms with Crippen LogP contribution in [0.4, 0.5) is 4.39 Å². The molecule has 1 aliphatic rings. The Balaban J connectivity index is 1.98. The lowest BCUT2D eigenvalue weighted by molar-refractivity contribution is -0.130. The highest BCUT2D eigenvalue weighted by molar-refractivity contribution is 6.31. The third-order valence-electron chi connectivity index (χ3n) is 3.26. The second kappa shape index (κ2) is 5.67. The van der Waals surface area contributed by atoms with Gasteiger partial charge in [0.25, 0.3) is 0 Å². The van der Waals surface area contributed by atoms with E-state index in [2.05, 4.69) is 4.90 Å². The molecule has 0 unspecified atom stereocenters. The molecule has 0 N–H and O–H groups in total. The van der Waals surface area contributed by atoms with E-state index in [1.54, 1.807) is 24.0 Å². The van der Waals surface area contributed by atoms with Gasteiger partial charge in [-0.1, -0.05) is 17.7 Å². The summed E-state index contributed by atoms with van der Waals surface area (Å²) in [5, 5.41) is 0.462. The highest BCUT2D eigenvalue weighted by atomic mass is 35.5. The minimum atomic E-state index is -0.267. The summed E-state index contributed by atoms with van der Waals surface area (Å²) in [5.74, 6) is -0.171. The summed E-state index contributed by atoms with van der Waals surface area (Å²) in [5.41, 5.74) is 0.537. The number of amides is 1. The average Bonchev–Trinajstić information content (AvgIpc) is 2.34. The second-order valence-electron chi connectivity index (χ2n) is 4.48. The topological polar surface area (TPSA) is 23.6 Å². The largest absolute Gasteiger partial charge is 0.340 e. The van der Waals surface area contributed by atoms with Crippen molar-refractivity contribution in [3.8, 4) is 0 Å². The quantitative estimate of drug-likeness (QED) is 0.822. The zero-order valence-electron chi connectivity index (χ0n) is 10.3. The van der Waals surface area contributed by atoms with Gasteiger partial charge in [0, 0.05) is 50.2 Å². The molecule has 1 aromatic rings. The maximum absolute atomic E-state index is 13.6. The van der Waals surface area contributed by atoms with Gasteiger partial charge >= 0.3 is 0 Å². The van der Waals surface area contributed by atoms with Gasteiger partial charge in [0.05, 0.1) is 0 Å². The van der Waals surface area contributed by atoms with E-state index >= 15 is 0 Å². The Hall–Kier alpha value is -1.13. The van der Waals surface area contributed by atoms with Crippen molar-refractivity contribution in [2.75, 3.05) is 26.2 Å². The van der Waals surface area contributed by atoms with Gasteiger partial charge < -0.3 is 4.90 Å². The average molecular weight is 271 g/mol. The molecule has 1 fully saturated rings. The summed E-state index contributed by atoms with van der Waals surface area (Å²) in [4.78, 5) is 15.1. The first-order valence-electron chi connectivity index (χ1n) is 5.98. The molecule has 0 bridgehead atoms. The predicted molar refractivity (Wildman–Crippen MR) is 68.9 cm³/mol. The van der Waals surface area contributed by atoms with Crippen LogP contribution in [0.25, 0.3) is 0 Å². The highest BCUT2D eigenvalue weighted by Crippen LogP contribution is 2.21. The molecule has 1 saturated heterocycles. The molecule has 0 aliphatic carbocycles. The van der Waals surface area contributed by atoms with Gasteiger partial charge in [0.15, 0.2) is 0 Å². The van der Waals surface area contributed by atoms with Crippen molar-refractivity contribution in [3.05, 3.63) is 34.6 Å². The SMILES string of the molecule is CC(=O)N1CCN(Cc2c(F)cccc2Cl)CC1. The third-order valence-corrected chi connectivity index (χ3v) is 3.62. The fraction of sp³-hybridized carbons (Fsp3) is 0.462. The molecule has 0 aromatic heterocycles. The Morgan fingerprint density at radius 1 is 1.33 bits per heavy atom. The lowest BCUT2D eigenvalue weighted by Crippen LogP contribution is -2.47. The monoisotopic (exact) mass is 270 g/mol. The zero-order valence-corrected chi connectivity index (χ0v) is 11.1. The number of piperazine rings is 1. The fourth-order valence-electron chi connectivity index (χ4n) is 2.13. The molecule has 1 aliphatic heterocycles. The normalized spacial score (nSPS) is 16.9. The van der Waals surface area contributed by atoms with Crippen molar-refractivity contribution in [3.63, 3.8) is 0 Å². The first-order chi connectivity index (χ1) is 8.58. The molecule has 98 valence electrons. The maximum Gasteiger partial charge on any atom is 0.219 e. The first kappa shape index (κ1) is 13.3. The lowest BCUT2D eigenvalue weighted by atomic mass is 10.2. The minimum Gasteiger partial charge on any atom is -0.340 e. The molecule has 1 heterocycles. The first-order valence-corrected chi connectivity index (χ1v) is 6.36. The molecular weight excluding hydrogens is 255 g/mol. The van der Waals surface area contributed by atoms with Crippen molar-refractivity contribution >= 4 is 17.5 Å². The van der Waals surface area contributed by atoms with Gasteiger partial charge in [-0.15, -0.1) is 0 Å². The number of carbonyl (C=O) groups is 1. The van der Waals surface area contributed by atoms with E-state index in [1.807, 2.05) is 0 Å². The fourth-order valence-corrected chi connectivity index (χ4v) is 2.35. The van der Waals surface area contributed by atoms with Crippen LogP contribution >= 0.6 is 11.6 Å². The highest BCUT2D eigenvalue weighted by Gasteiger charge is 2.20. The molecule has 2 rings (SSSR count). The van der Waals surface area contributed by atoms with Crippen molar-refractivity contribution in [2.45, 2.75) is 13.5 Å². The van der Waals surface area contributed by atoms with Gasteiger partial charge in [-0.05, 0) is 12.1 Å². The summed E-state index contributed by atoms with van der Waals surface area (Å²) < 4.78 is 13.6. The molecular formula is C13H16ClFN2O. The molecule has 18 heavy (non-hydrogen) atoms. The molecule has 0 radical (unpaired) electrons. The van der Waals surface area contributed by atoms with E-state index in [-0.39, 0.29) is 11.7 Å². The van der Waals surface area contributed by atoms with Crippen molar-refractivity contribution in [2.24, 2.45) is 0 Å². The summed E-state index contributed by atoms with van der Waals surface area (Å²) >= 11 is 6.00. The minimum absolute atomic E-state index is 0.0959. The second-order valence-corrected chi connectivity index (χ2v) is 4.89. The van der Waals surface area contributed by atoms with Crippen LogP contribution in [0.15, 0.2) is 18.2 Å². The number of hydrogen-bond acceptors (Lipinski definition) is 2. The van der Waals surface area contributed by atoms with Crippen LogP contribution in [0.5, 0.6) is 0 Å². The predicted octanol–water partition coefficient (Wildman–Crippen LogP) is 2.14. The lowest BCUT2D eigenvalue weighted by Gasteiger charge is -2.34. The van der Waals surface area contributed by atoms with Crippen LogP contribution in [0.3, 0.4) is 0 Å². The van der Waals surface area contributed by atoms with Crippen LogP contribution in [0.2, 0.25) is 5.02 Å². The van der Waals surface area contributed by atoms with Gasteiger partial charge in [0.2, 0.25) is 5.91 Å². The Morgan fingerprint density at radius 3 is 2.56 bits per heavy atom. The van der Waals surface area contributed by atoms with Gasteiger partial charge in [-0.2, -0.15) is 0 Å². The summed E-state index contributed by atoms with van der Waals surface area (Å²) in [7, 11) is 0. The summed E-state index contributed by atoms with van der Waals surface area (Å²) in [6, 6.07) is 4.73. The van der Waals surface area contributed by atoms with E-state index in [1.165, 1.54) is 6.07 Å². The Morgan fingerprint density at radius 2 is 2.00 bits per heavy atom. The van der Waals surface area contributed by atoms with E-state index in [0.717, 1.165) is 13.1 Å². The molecule has 0 spiro atoms. The van der Waals surface area contributed by atoms with E-state index in [0.29, 0.717) is 30.2 Å². The molecule has 1 aromatic carbocycles. The molecule has 5 heteroatoms. The molecule has 3 nitrogen and oxygen atoms in total. The van der Waals surface area contributed by atoms with Crippen LogP contribution < -0.4 is 0 Å². The molecule has 0 atom stereocenters. The van der Waals surface area contributed by atoms with Crippen molar-refractivity contribution < 1.29 is 9.18 Å². The van der Waals surface area contributed by atoms with E-state index < -0.39 is 0 Å². The van der Waals surface area contributed by atoms with Crippen LogP contribution in [0, 0.1) is 5.82 Å². The Kier molecular flexibility index (Phi) is 4.19. The number of nitrogens with zero attached hydrogens (tertiary/aromatic N) is 2. The number of carbonyl (C=O) groups excluding carboxylic acids is 1. The van der Waals surface area contributed by atoms with Gasteiger partial charge in [-0.25, -0.2) is 4.39 Å². The van der Waals surface area contributed by atoms with Gasteiger partial charge in [0.1, 0.15) is 5.82 Å². The maximum atomic E-state index is 13.6. The number of rotatable bonds is 2. The number of halogens is 2. The van der Waals surface area contributed by atoms with Crippen molar-refractivity contribution in [1.82, 2.24) is 9.80 Å². The van der Waals surface area contributed by atoms with Crippen LogP contribution in [-0.4, -0.2) is 41.9 Å². The third kappa shape index (κ3) is 3.00. The number of benzene rings is 1. The number of hydrogen-bond donors (Lipinski definition) is 0.